The summed E-state index contributed by atoms with van der Waals surface area (Å²) < 4.78 is 40.3. The lowest BCUT2D eigenvalue weighted by Gasteiger charge is -2.29. The number of fused-ring (bicyclic) bond motifs is 2. The van der Waals surface area contributed by atoms with Gasteiger partial charge in [-0.1, -0.05) is 0 Å². The van der Waals surface area contributed by atoms with Crippen molar-refractivity contribution in [3.63, 3.8) is 0 Å². The number of rotatable bonds is 6. The van der Waals surface area contributed by atoms with Crippen LogP contribution >= 0.6 is 0 Å². The Morgan fingerprint density at radius 3 is 3.00 bits per heavy atom. The highest BCUT2D eigenvalue weighted by Gasteiger charge is 2.49. The molecule has 3 heterocycles. The van der Waals surface area contributed by atoms with Gasteiger partial charge >= 0.3 is 16.4 Å². The smallest absolute Gasteiger partial charge is 0.374 e. The van der Waals surface area contributed by atoms with E-state index >= 15 is 0 Å². The summed E-state index contributed by atoms with van der Waals surface area (Å²) in [4.78, 5) is 31.0. The molecule has 3 unspecified atom stereocenters. The van der Waals surface area contributed by atoms with E-state index in [1.807, 2.05) is 0 Å². The second kappa shape index (κ2) is 8.02. The standard InChI is InChI=1S/C13H22N4O8S/c18-12(15-24-8-10-6-14-4-1-5-23-10)11-3-2-9-7-16(11)13(19)17(9)25-26(20,21)22/h9-11,14H,1-8H2,(H,15,18)(H,20,21,22). The van der Waals surface area contributed by atoms with Gasteiger partial charge in [0, 0.05) is 19.7 Å². The number of ether oxygens (including phenoxy) is 1. The molecule has 0 saturated carbocycles. The van der Waals surface area contributed by atoms with Crippen molar-refractivity contribution in [3.8, 4) is 0 Å². The van der Waals surface area contributed by atoms with Crippen molar-refractivity contribution >= 4 is 22.3 Å². The molecule has 3 amide bonds. The van der Waals surface area contributed by atoms with Gasteiger partial charge in [0.15, 0.2) is 0 Å². The molecule has 3 N–H and O–H groups in total. The van der Waals surface area contributed by atoms with E-state index in [1.54, 1.807) is 0 Å². The summed E-state index contributed by atoms with van der Waals surface area (Å²) in [5, 5.41) is 3.78. The summed E-state index contributed by atoms with van der Waals surface area (Å²) in [5.74, 6) is -0.507. The molecular formula is C13H22N4O8S. The highest BCUT2D eigenvalue weighted by atomic mass is 32.3. The van der Waals surface area contributed by atoms with Gasteiger partial charge in [0.25, 0.3) is 5.91 Å². The predicted molar refractivity (Wildman–Crippen MR) is 84.7 cm³/mol. The second-order valence-corrected chi connectivity index (χ2v) is 7.34. The quantitative estimate of drug-likeness (QED) is 0.358. The summed E-state index contributed by atoms with van der Waals surface area (Å²) in [7, 11) is -4.81. The fraction of sp³-hybridized carbons (Fsp3) is 0.846. The van der Waals surface area contributed by atoms with Crippen molar-refractivity contribution in [2.45, 2.75) is 37.5 Å². The van der Waals surface area contributed by atoms with Gasteiger partial charge in [-0.2, -0.15) is 13.5 Å². The number of amides is 3. The van der Waals surface area contributed by atoms with E-state index in [-0.39, 0.29) is 19.3 Å². The van der Waals surface area contributed by atoms with Crippen LogP contribution in [0, 0.1) is 0 Å². The molecule has 0 aromatic heterocycles. The van der Waals surface area contributed by atoms with Crippen LogP contribution in [0.15, 0.2) is 0 Å². The highest BCUT2D eigenvalue weighted by Crippen LogP contribution is 2.30. The van der Waals surface area contributed by atoms with Gasteiger partial charge in [0.2, 0.25) is 0 Å². The lowest BCUT2D eigenvalue weighted by atomic mass is 10.0. The number of hydrogen-bond acceptors (Lipinski definition) is 8. The van der Waals surface area contributed by atoms with E-state index in [9.17, 15) is 18.0 Å². The number of piperidine rings is 1. The molecule has 0 aromatic rings. The zero-order valence-corrected chi connectivity index (χ0v) is 14.8. The number of carbonyl (C=O) groups excluding carboxylic acids is 2. The van der Waals surface area contributed by atoms with Crippen LogP contribution in [0.2, 0.25) is 0 Å². The molecule has 3 saturated heterocycles. The van der Waals surface area contributed by atoms with Crippen molar-refractivity contribution in [1.29, 1.82) is 0 Å². The van der Waals surface area contributed by atoms with E-state index in [2.05, 4.69) is 15.1 Å². The van der Waals surface area contributed by atoms with Crippen LogP contribution in [-0.4, -0.2) is 85.9 Å². The molecule has 3 aliphatic rings. The number of hydrogen-bond donors (Lipinski definition) is 3. The average molecular weight is 394 g/mol. The minimum absolute atomic E-state index is 0.127. The normalized spacial score (nSPS) is 29.6. The first-order valence-corrected chi connectivity index (χ1v) is 9.72. The van der Waals surface area contributed by atoms with E-state index in [0.29, 0.717) is 31.1 Å². The SMILES string of the molecule is O=C(NOCC1CNCCCO1)C1CCC2CN1C(=O)N2OS(=O)(=O)O. The Balaban J connectivity index is 1.50. The number of nitrogens with zero attached hydrogens (tertiary/aromatic N) is 2. The van der Waals surface area contributed by atoms with Crippen LogP contribution in [0.25, 0.3) is 0 Å². The first-order chi connectivity index (χ1) is 12.3. The largest absolute Gasteiger partial charge is 0.418 e. The fourth-order valence-electron chi connectivity index (χ4n) is 3.25. The van der Waals surface area contributed by atoms with Crippen LogP contribution in [0.4, 0.5) is 4.79 Å². The minimum Gasteiger partial charge on any atom is -0.374 e. The third-order valence-corrected chi connectivity index (χ3v) is 4.81. The Morgan fingerprint density at radius 2 is 2.23 bits per heavy atom. The van der Waals surface area contributed by atoms with Crippen LogP contribution < -0.4 is 10.8 Å². The molecule has 2 bridgehead atoms. The highest BCUT2D eigenvalue weighted by molar-refractivity contribution is 7.80. The van der Waals surface area contributed by atoms with Gasteiger partial charge in [-0.25, -0.2) is 10.3 Å². The summed E-state index contributed by atoms with van der Waals surface area (Å²) in [6.07, 6.45) is 1.40. The summed E-state index contributed by atoms with van der Waals surface area (Å²) in [6, 6.07) is -2.14. The van der Waals surface area contributed by atoms with Crippen LogP contribution in [0.5, 0.6) is 0 Å². The second-order valence-electron chi connectivity index (χ2n) is 6.34. The van der Waals surface area contributed by atoms with Gasteiger partial charge in [0.1, 0.15) is 12.6 Å². The topological polar surface area (TPSA) is 147 Å². The Hall–Kier alpha value is -1.51. The first kappa shape index (κ1) is 19.3. The molecule has 13 heteroatoms. The molecular weight excluding hydrogens is 372 g/mol. The van der Waals surface area contributed by atoms with E-state index < -0.39 is 34.4 Å². The summed E-state index contributed by atoms with van der Waals surface area (Å²) in [5.41, 5.74) is 2.32. The van der Waals surface area contributed by atoms with E-state index in [0.717, 1.165) is 13.0 Å². The van der Waals surface area contributed by atoms with Gasteiger partial charge in [-0.3, -0.25) is 14.2 Å². The van der Waals surface area contributed by atoms with Crippen molar-refractivity contribution in [2.75, 3.05) is 32.8 Å². The van der Waals surface area contributed by atoms with E-state index in [4.69, 9.17) is 14.1 Å². The molecule has 0 aromatic carbocycles. The molecule has 0 aliphatic carbocycles. The maximum Gasteiger partial charge on any atom is 0.418 e. The van der Waals surface area contributed by atoms with Crippen LogP contribution in [-0.2, 0) is 29.1 Å². The Bertz CT molecular complexity index is 636. The van der Waals surface area contributed by atoms with Crippen LogP contribution in [0.1, 0.15) is 19.3 Å². The maximum atomic E-state index is 12.3. The first-order valence-electron chi connectivity index (χ1n) is 8.36. The average Bonchev–Trinajstić information content (AvgIpc) is 2.78. The van der Waals surface area contributed by atoms with Gasteiger partial charge in [-0.05, 0) is 25.8 Å². The lowest BCUT2D eigenvalue weighted by molar-refractivity contribution is -0.142. The summed E-state index contributed by atoms with van der Waals surface area (Å²) >= 11 is 0. The third kappa shape index (κ3) is 4.61. The van der Waals surface area contributed by atoms with Gasteiger partial charge in [-0.15, -0.1) is 4.28 Å². The zero-order valence-electron chi connectivity index (χ0n) is 14.0. The molecule has 26 heavy (non-hydrogen) atoms. The zero-order chi connectivity index (χ0) is 18.7. The predicted octanol–water partition coefficient (Wildman–Crippen LogP) is -1.58. The lowest BCUT2D eigenvalue weighted by Crippen LogP contribution is -2.50. The van der Waals surface area contributed by atoms with Crippen molar-refractivity contribution < 1.29 is 36.4 Å². The third-order valence-electron chi connectivity index (χ3n) is 4.47. The molecule has 0 radical (unpaired) electrons. The van der Waals surface area contributed by atoms with Crippen molar-refractivity contribution in [2.24, 2.45) is 0 Å². The van der Waals surface area contributed by atoms with Crippen LogP contribution in [0.3, 0.4) is 0 Å². The fourth-order valence-corrected chi connectivity index (χ4v) is 3.64. The van der Waals surface area contributed by atoms with Gasteiger partial charge < -0.3 is 15.0 Å². The van der Waals surface area contributed by atoms with Gasteiger partial charge in [0.05, 0.1) is 12.1 Å². The molecule has 3 rings (SSSR count). The number of nitrogens with one attached hydrogen (secondary N) is 2. The molecule has 3 aliphatic heterocycles. The van der Waals surface area contributed by atoms with Crippen molar-refractivity contribution in [1.82, 2.24) is 20.8 Å². The Morgan fingerprint density at radius 1 is 1.42 bits per heavy atom. The Kier molecular flexibility index (Phi) is 5.94. The monoisotopic (exact) mass is 394 g/mol. The van der Waals surface area contributed by atoms with Crippen molar-refractivity contribution in [3.05, 3.63) is 0 Å². The number of urea groups is 1. The number of carbonyl (C=O) groups is 2. The molecule has 12 nitrogen and oxygen atoms in total. The Labute approximate surface area is 150 Å². The molecule has 0 spiro atoms. The molecule has 3 fully saturated rings. The maximum absolute atomic E-state index is 12.3. The number of hydroxylamine groups is 3. The molecule has 148 valence electrons. The summed E-state index contributed by atoms with van der Waals surface area (Å²) in [6.45, 7) is 2.39. The minimum atomic E-state index is -4.81. The molecule has 3 atom stereocenters. The van der Waals surface area contributed by atoms with E-state index in [1.165, 1.54) is 4.90 Å².